The first-order valence-corrected chi connectivity index (χ1v) is 9.63. The molecule has 2 aliphatic heterocycles. The summed E-state index contributed by atoms with van der Waals surface area (Å²) in [6.07, 6.45) is 3.04. The molecule has 6 nitrogen and oxygen atoms in total. The number of hydrogen-bond acceptors (Lipinski definition) is 3. The van der Waals surface area contributed by atoms with Crippen molar-refractivity contribution in [2.75, 3.05) is 18.1 Å². The fourth-order valence-electron chi connectivity index (χ4n) is 4.57. The number of urea groups is 1. The average Bonchev–Trinajstić information content (AvgIpc) is 2.52. The number of para-hydroxylation sites is 1. The van der Waals surface area contributed by atoms with Crippen LogP contribution >= 0.6 is 0 Å². The summed E-state index contributed by atoms with van der Waals surface area (Å²) in [6.45, 7) is 4.29. The lowest BCUT2D eigenvalue weighted by molar-refractivity contribution is -0.125. The highest BCUT2D eigenvalue weighted by Gasteiger charge is 2.55. The van der Waals surface area contributed by atoms with E-state index in [1.165, 1.54) is 0 Å². The fourth-order valence-corrected chi connectivity index (χ4v) is 4.57. The Hall–Kier alpha value is -2.08. The van der Waals surface area contributed by atoms with Gasteiger partial charge in [0, 0.05) is 30.1 Å². The molecule has 0 unspecified atom stereocenters. The van der Waals surface area contributed by atoms with Crippen LogP contribution in [0.1, 0.15) is 44.6 Å². The number of anilines is 1. The number of aliphatic hydroxyl groups is 1. The van der Waals surface area contributed by atoms with Crippen LogP contribution in [0, 0.1) is 5.92 Å². The maximum atomic E-state index is 13.0. The molecule has 1 aliphatic carbocycles. The first-order valence-electron chi connectivity index (χ1n) is 9.63. The molecule has 1 saturated carbocycles. The van der Waals surface area contributed by atoms with Gasteiger partial charge in [0.25, 0.3) is 0 Å². The zero-order valence-electron chi connectivity index (χ0n) is 15.4. The number of fused-ring (bicyclic) bond motifs is 3. The molecule has 0 radical (unpaired) electrons. The molecule has 0 bridgehead atoms. The molecule has 6 heteroatoms. The lowest BCUT2D eigenvalue weighted by Crippen LogP contribution is -2.72. The standard InChI is InChI=1S/C20H27N3O3/c1-12(2)21-20(26)23-16-10-22(19(25)13-6-5-7-13)15-9-4-3-8-14(15)18(16)17(23)11-24/h3-4,8-9,12-13,16-18,24H,5-7,10-11H2,1-2H3,(H,21,26)/t16-,17+,18+/m0/s1. The van der Waals surface area contributed by atoms with Crippen molar-refractivity contribution < 1.29 is 14.7 Å². The molecule has 1 aromatic rings. The summed E-state index contributed by atoms with van der Waals surface area (Å²) in [5, 5.41) is 12.8. The summed E-state index contributed by atoms with van der Waals surface area (Å²) in [7, 11) is 0. The topological polar surface area (TPSA) is 72.9 Å². The Morgan fingerprint density at radius 2 is 2.00 bits per heavy atom. The molecule has 2 heterocycles. The number of aliphatic hydroxyl groups excluding tert-OH is 1. The van der Waals surface area contributed by atoms with Crippen LogP contribution in [0.2, 0.25) is 0 Å². The predicted octanol–water partition coefficient (Wildman–Crippen LogP) is 2.08. The number of nitrogens with one attached hydrogen (secondary N) is 1. The van der Waals surface area contributed by atoms with Crippen LogP contribution < -0.4 is 10.2 Å². The Kier molecular flexibility index (Phi) is 4.39. The third-order valence-corrected chi connectivity index (χ3v) is 6.05. The SMILES string of the molecule is CC(C)NC(=O)N1[C@H](CO)[C@@H]2c3ccccc3N(C(=O)C3CCC3)C[C@@H]21. The summed E-state index contributed by atoms with van der Waals surface area (Å²) >= 11 is 0. The van der Waals surface area contributed by atoms with Crippen LogP contribution in [0.15, 0.2) is 24.3 Å². The number of hydrogen-bond donors (Lipinski definition) is 2. The largest absolute Gasteiger partial charge is 0.394 e. The van der Waals surface area contributed by atoms with Gasteiger partial charge in [-0.2, -0.15) is 0 Å². The second-order valence-corrected chi connectivity index (χ2v) is 7.99. The first-order chi connectivity index (χ1) is 12.5. The van der Waals surface area contributed by atoms with E-state index in [0.29, 0.717) is 6.54 Å². The van der Waals surface area contributed by atoms with Crippen molar-refractivity contribution in [2.24, 2.45) is 5.92 Å². The lowest BCUT2D eigenvalue weighted by Gasteiger charge is -2.59. The average molecular weight is 357 g/mol. The molecule has 26 heavy (non-hydrogen) atoms. The van der Waals surface area contributed by atoms with Gasteiger partial charge >= 0.3 is 6.03 Å². The Balaban J connectivity index is 1.66. The monoisotopic (exact) mass is 357 g/mol. The van der Waals surface area contributed by atoms with E-state index in [-0.39, 0.29) is 48.5 Å². The second kappa shape index (κ2) is 6.58. The Bertz CT molecular complexity index is 716. The van der Waals surface area contributed by atoms with Crippen LogP contribution in [0.4, 0.5) is 10.5 Å². The predicted molar refractivity (Wildman–Crippen MR) is 99.0 cm³/mol. The smallest absolute Gasteiger partial charge is 0.318 e. The van der Waals surface area contributed by atoms with Gasteiger partial charge in [-0.25, -0.2) is 4.79 Å². The highest BCUT2D eigenvalue weighted by molar-refractivity contribution is 5.97. The number of amides is 3. The van der Waals surface area contributed by atoms with Gasteiger partial charge in [0.2, 0.25) is 5.91 Å². The van der Waals surface area contributed by atoms with Crippen molar-refractivity contribution >= 4 is 17.6 Å². The molecule has 2 fully saturated rings. The van der Waals surface area contributed by atoms with Crippen LogP contribution in [0.3, 0.4) is 0 Å². The van der Waals surface area contributed by atoms with Crippen molar-refractivity contribution in [1.82, 2.24) is 10.2 Å². The molecule has 3 amide bonds. The minimum atomic E-state index is -0.235. The van der Waals surface area contributed by atoms with Gasteiger partial charge in [-0.1, -0.05) is 24.6 Å². The van der Waals surface area contributed by atoms with Gasteiger partial charge < -0.3 is 20.2 Å². The van der Waals surface area contributed by atoms with E-state index in [1.807, 2.05) is 43.0 Å². The Labute approximate surface area is 154 Å². The summed E-state index contributed by atoms with van der Waals surface area (Å²) in [4.78, 5) is 29.2. The molecule has 1 aromatic carbocycles. The minimum absolute atomic E-state index is 0.0319. The number of carbonyl (C=O) groups is 2. The van der Waals surface area contributed by atoms with E-state index in [0.717, 1.165) is 30.5 Å². The van der Waals surface area contributed by atoms with E-state index >= 15 is 0 Å². The van der Waals surface area contributed by atoms with Crippen molar-refractivity contribution in [3.05, 3.63) is 29.8 Å². The number of benzene rings is 1. The number of likely N-dealkylation sites (tertiary alicyclic amines) is 1. The van der Waals surface area contributed by atoms with Crippen molar-refractivity contribution in [3.8, 4) is 0 Å². The Morgan fingerprint density at radius 3 is 2.62 bits per heavy atom. The molecule has 140 valence electrons. The van der Waals surface area contributed by atoms with Crippen molar-refractivity contribution in [1.29, 1.82) is 0 Å². The van der Waals surface area contributed by atoms with E-state index in [1.54, 1.807) is 4.90 Å². The molecule has 1 saturated heterocycles. The van der Waals surface area contributed by atoms with E-state index < -0.39 is 0 Å². The van der Waals surface area contributed by atoms with Crippen LogP contribution in [0.25, 0.3) is 0 Å². The molecule has 3 atom stereocenters. The maximum Gasteiger partial charge on any atom is 0.318 e. The lowest BCUT2D eigenvalue weighted by atomic mass is 9.71. The second-order valence-electron chi connectivity index (χ2n) is 7.99. The van der Waals surface area contributed by atoms with Gasteiger partial charge in [-0.05, 0) is 38.3 Å². The number of nitrogens with zero attached hydrogens (tertiary/aromatic N) is 2. The van der Waals surface area contributed by atoms with Gasteiger partial charge in [-0.15, -0.1) is 0 Å². The molecular weight excluding hydrogens is 330 g/mol. The summed E-state index contributed by atoms with van der Waals surface area (Å²) in [5.41, 5.74) is 2.03. The van der Waals surface area contributed by atoms with Crippen LogP contribution in [-0.2, 0) is 4.79 Å². The first kappa shape index (κ1) is 17.3. The molecule has 3 aliphatic rings. The van der Waals surface area contributed by atoms with Crippen molar-refractivity contribution in [2.45, 2.75) is 57.2 Å². The van der Waals surface area contributed by atoms with Gasteiger partial charge in [0.15, 0.2) is 0 Å². The zero-order valence-corrected chi connectivity index (χ0v) is 15.4. The molecule has 0 aromatic heterocycles. The van der Waals surface area contributed by atoms with Gasteiger partial charge in [0.05, 0.1) is 18.7 Å². The van der Waals surface area contributed by atoms with Crippen LogP contribution in [-0.4, -0.2) is 53.2 Å². The molecule has 0 spiro atoms. The fraction of sp³-hybridized carbons (Fsp3) is 0.600. The molecule has 2 N–H and O–H groups in total. The number of rotatable bonds is 3. The quantitative estimate of drug-likeness (QED) is 0.870. The third kappa shape index (κ3) is 2.58. The number of carbonyl (C=O) groups excluding carboxylic acids is 2. The highest BCUT2D eigenvalue weighted by atomic mass is 16.3. The normalized spacial score (nSPS) is 27.3. The minimum Gasteiger partial charge on any atom is -0.394 e. The van der Waals surface area contributed by atoms with E-state index in [2.05, 4.69) is 5.32 Å². The molecular formula is C20H27N3O3. The third-order valence-electron chi connectivity index (χ3n) is 6.05. The van der Waals surface area contributed by atoms with Gasteiger partial charge in [-0.3, -0.25) is 4.79 Å². The highest BCUT2D eigenvalue weighted by Crippen LogP contribution is 2.48. The van der Waals surface area contributed by atoms with Gasteiger partial charge in [0.1, 0.15) is 0 Å². The summed E-state index contributed by atoms with van der Waals surface area (Å²) < 4.78 is 0. The summed E-state index contributed by atoms with van der Waals surface area (Å²) in [6, 6.07) is 7.51. The summed E-state index contributed by atoms with van der Waals surface area (Å²) in [5.74, 6) is 0.379. The molecule has 4 rings (SSSR count). The maximum absolute atomic E-state index is 13.0. The zero-order chi connectivity index (χ0) is 18.4. The van der Waals surface area contributed by atoms with Crippen molar-refractivity contribution in [3.63, 3.8) is 0 Å². The Morgan fingerprint density at radius 1 is 1.27 bits per heavy atom. The van der Waals surface area contributed by atoms with E-state index in [4.69, 9.17) is 0 Å². The van der Waals surface area contributed by atoms with E-state index in [9.17, 15) is 14.7 Å². The van der Waals surface area contributed by atoms with Crippen LogP contribution in [0.5, 0.6) is 0 Å².